The maximum atomic E-state index is 11.2. The zero-order valence-corrected chi connectivity index (χ0v) is 11.5. The second-order valence-electron chi connectivity index (χ2n) is 4.39. The Bertz CT molecular complexity index is 680. The number of aromatic carboxylic acids is 1. The Morgan fingerprint density at radius 1 is 1.30 bits per heavy atom. The summed E-state index contributed by atoms with van der Waals surface area (Å²) in [6, 6.07) is 0. The quantitative estimate of drug-likeness (QED) is 0.809. The average molecular weight is 298 g/mol. The third kappa shape index (κ3) is 2.06. The van der Waals surface area contributed by atoms with Crippen LogP contribution in [0.1, 0.15) is 10.6 Å². The fourth-order valence-electron chi connectivity index (χ4n) is 2.21. The molecule has 3 rings (SSSR count). The Morgan fingerprint density at radius 2 is 2.00 bits per heavy atom. The number of hydrogen-bond acceptors (Lipinski definition) is 6. The number of halogens is 1. The number of aryl methyl sites for hydroxylation is 1. The molecule has 8 nitrogen and oxygen atoms in total. The van der Waals surface area contributed by atoms with E-state index in [4.69, 9.17) is 21.4 Å². The van der Waals surface area contributed by atoms with Crippen LogP contribution in [0.25, 0.3) is 11.2 Å². The molecule has 0 atom stereocenters. The number of imidazole rings is 1. The Kier molecular flexibility index (Phi) is 3.19. The highest BCUT2D eigenvalue weighted by atomic mass is 35.5. The van der Waals surface area contributed by atoms with Crippen molar-refractivity contribution in [2.75, 3.05) is 31.2 Å². The lowest BCUT2D eigenvalue weighted by molar-refractivity contribution is 0.0680. The normalized spacial score (nSPS) is 15.8. The fourth-order valence-corrected chi connectivity index (χ4v) is 2.37. The number of morpholine rings is 1. The van der Waals surface area contributed by atoms with E-state index in [-0.39, 0.29) is 11.1 Å². The first kappa shape index (κ1) is 13.1. The van der Waals surface area contributed by atoms with E-state index in [1.165, 1.54) is 4.57 Å². The number of fused-ring (bicyclic) bond motifs is 1. The summed E-state index contributed by atoms with van der Waals surface area (Å²) in [5, 5.41) is 9.21. The highest BCUT2D eigenvalue weighted by Gasteiger charge is 2.23. The summed E-state index contributed by atoms with van der Waals surface area (Å²) < 4.78 is 6.69. The van der Waals surface area contributed by atoms with Gasteiger partial charge in [-0.15, -0.1) is 0 Å². The number of hydrogen-bond donors (Lipinski definition) is 1. The number of anilines is 1. The van der Waals surface area contributed by atoms with E-state index >= 15 is 0 Å². The SMILES string of the molecule is Cn1c(C(=O)O)nc2c(N3CCOCC3)nc(Cl)nc21. The van der Waals surface area contributed by atoms with Crippen molar-refractivity contribution in [2.45, 2.75) is 0 Å². The van der Waals surface area contributed by atoms with Crippen molar-refractivity contribution in [2.24, 2.45) is 7.05 Å². The van der Waals surface area contributed by atoms with Gasteiger partial charge in [0.25, 0.3) is 0 Å². The maximum absolute atomic E-state index is 11.2. The first-order valence-electron chi connectivity index (χ1n) is 6.04. The van der Waals surface area contributed by atoms with Crippen LogP contribution < -0.4 is 4.90 Å². The molecule has 1 N–H and O–H groups in total. The van der Waals surface area contributed by atoms with Crippen molar-refractivity contribution < 1.29 is 14.6 Å². The molecule has 0 spiro atoms. The van der Waals surface area contributed by atoms with E-state index in [0.717, 1.165) is 0 Å². The van der Waals surface area contributed by atoms with Gasteiger partial charge < -0.3 is 19.3 Å². The van der Waals surface area contributed by atoms with E-state index in [9.17, 15) is 4.79 Å². The van der Waals surface area contributed by atoms with E-state index in [1.54, 1.807) is 7.05 Å². The van der Waals surface area contributed by atoms with Gasteiger partial charge in [-0.25, -0.2) is 9.78 Å². The van der Waals surface area contributed by atoms with Gasteiger partial charge in [0.05, 0.1) is 13.2 Å². The molecule has 9 heteroatoms. The van der Waals surface area contributed by atoms with E-state index < -0.39 is 5.97 Å². The molecule has 0 amide bonds. The molecule has 0 bridgehead atoms. The smallest absolute Gasteiger partial charge is 0.372 e. The second-order valence-corrected chi connectivity index (χ2v) is 4.73. The highest BCUT2D eigenvalue weighted by molar-refractivity contribution is 6.28. The van der Waals surface area contributed by atoms with Crippen molar-refractivity contribution >= 4 is 34.6 Å². The molecule has 1 aliphatic heterocycles. The number of aromatic nitrogens is 4. The van der Waals surface area contributed by atoms with Crippen LogP contribution in [-0.4, -0.2) is 56.9 Å². The minimum Gasteiger partial charge on any atom is -0.475 e. The summed E-state index contributed by atoms with van der Waals surface area (Å²) in [4.78, 5) is 25.5. The van der Waals surface area contributed by atoms with Gasteiger partial charge in [0.15, 0.2) is 17.0 Å². The fraction of sp³-hybridized carbons (Fsp3) is 0.455. The lowest BCUT2D eigenvalue weighted by atomic mass is 10.4. The highest BCUT2D eigenvalue weighted by Crippen LogP contribution is 2.26. The van der Waals surface area contributed by atoms with Crippen LogP contribution in [0.5, 0.6) is 0 Å². The molecule has 1 fully saturated rings. The summed E-state index contributed by atoms with van der Waals surface area (Å²) in [6.07, 6.45) is 0. The molecule has 1 saturated heterocycles. The summed E-state index contributed by atoms with van der Waals surface area (Å²) in [7, 11) is 1.59. The summed E-state index contributed by atoms with van der Waals surface area (Å²) in [5.74, 6) is -0.660. The van der Waals surface area contributed by atoms with Crippen LogP contribution in [-0.2, 0) is 11.8 Å². The third-order valence-electron chi connectivity index (χ3n) is 3.17. The minimum absolute atomic E-state index is 0.0685. The van der Waals surface area contributed by atoms with Gasteiger partial charge in [-0.1, -0.05) is 0 Å². The van der Waals surface area contributed by atoms with Crippen LogP contribution in [0.15, 0.2) is 0 Å². The zero-order chi connectivity index (χ0) is 14.3. The van der Waals surface area contributed by atoms with Gasteiger partial charge in [0.1, 0.15) is 0 Å². The molecule has 0 unspecified atom stereocenters. The van der Waals surface area contributed by atoms with Gasteiger partial charge in [-0.3, -0.25) is 0 Å². The molecular formula is C11H12ClN5O3. The van der Waals surface area contributed by atoms with Crippen LogP contribution in [0, 0.1) is 0 Å². The average Bonchev–Trinajstić information content (AvgIpc) is 2.77. The maximum Gasteiger partial charge on any atom is 0.372 e. The monoisotopic (exact) mass is 297 g/mol. The number of nitrogens with zero attached hydrogens (tertiary/aromatic N) is 5. The number of carboxylic acid groups (broad SMARTS) is 1. The minimum atomic E-state index is -1.12. The first-order valence-corrected chi connectivity index (χ1v) is 6.41. The number of carboxylic acids is 1. The van der Waals surface area contributed by atoms with E-state index in [1.807, 2.05) is 4.90 Å². The van der Waals surface area contributed by atoms with Gasteiger partial charge in [-0.05, 0) is 11.6 Å². The Hall–Kier alpha value is -1.93. The Balaban J connectivity index is 2.20. The van der Waals surface area contributed by atoms with Crippen LogP contribution in [0.2, 0.25) is 5.28 Å². The molecule has 3 heterocycles. The van der Waals surface area contributed by atoms with Crippen molar-refractivity contribution in [1.29, 1.82) is 0 Å². The summed E-state index contributed by atoms with van der Waals surface area (Å²) in [5.41, 5.74) is 0.847. The molecule has 2 aromatic rings. The topological polar surface area (TPSA) is 93.4 Å². The lowest BCUT2D eigenvalue weighted by Gasteiger charge is -2.27. The largest absolute Gasteiger partial charge is 0.475 e. The molecular weight excluding hydrogens is 286 g/mol. The molecule has 0 saturated carbocycles. The van der Waals surface area contributed by atoms with E-state index in [0.29, 0.717) is 43.3 Å². The van der Waals surface area contributed by atoms with Gasteiger partial charge in [0, 0.05) is 20.1 Å². The predicted molar refractivity (Wildman–Crippen MR) is 71.3 cm³/mol. The molecule has 0 radical (unpaired) electrons. The molecule has 0 aliphatic carbocycles. The predicted octanol–water partition coefficient (Wildman–Crippen LogP) is 0.552. The summed E-state index contributed by atoms with van der Waals surface area (Å²) in [6.45, 7) is 2.48. The third-order valence-corrected chi connectivity index (χ3v) is 3.34. The van der Waals surface area contributed by atoms with Crippen molar-refractivity contribution in [1.82, 2.24) is 19.5 Å². The van der Waals surface area contributed by atoms with Gasteiger partial charge in [0.2, 0.25) is 11.1 Å². The first-order chi connectivity index (χ1) is 9.58. The molecule has 0 aromatic carbocycles. The standard InChI is InChI=1S/C11H12ClN5O3/c1-16-7-6(13-9(16)10(18)19)8(15-11(12)14-7)17-2-4-20-5-3-17/h2-5H2,1H3,(H,18,19). The molecule has 20 heavy (non-hydrogen) atoms. The van der Waals surface area contributed by atoms with Crippen LogP contribution in [0.3, 0.4) is 0 Å². The number of ether oxygens (including phenoxy) is 1. The van der Waals surface area contributed by atoms with Crippen LogP contribution >= 0.6 is 11.6 Å². The Morgan fingerprint density at radius 3 is 2.65 bits per heavy atom. The molecule has 106 valence electrons. The van der Waals surface area contributed by atoms with Gasteiger partial charge >= 0.3 is 5.97 Å². The van der Waals surface area contributed by atoms with Crippen molar-refractivity contribution in [3.63, 3.8) is 0 Å². The van der Waals surface area contributed by atoms with Crippen molar-refractivity contribution in [3.8, 4) is 0 Å². The van der Waals surface area contributed by atoms with Gasteiger partial charge in [-0.2, -0.15) is 9.97 Å². The number of carbonyl (C=O) groups is 1. The second kappa shape index (κ2) is 4.88. The van der Waals surface area contributed by atoms with Crippen LogP contribution in [0.4, 0.5) is 5.82 Å². The van der Waals surface area contributed by atoms with Crippen molar-refractivity contribution in [3.05, 3.63) is 11.1 Å². The Labute approximate surface area is 119 Å². The zero-order valence-electron chi connectivity index (χ0n) is 10.7. The van der Waals surface area contributed by atoms with E-state index in [2.05, 4.69) is 15.0 Å². The lowest BCUT2D eigenvalue weighted by Crippen LogP contribution is -2.37. The molecule has 2 aromatic heterocycles. The molecule has 1 aliphatic rings. The number of rotatable bonds is 2. The summed E-state index contributed by atoms with van der Waals surface area (Å²) >= 11 is 5.94.